The van der Waals surface area contributed by atoms with Crippen LogP contribution in [0.3, 0.4) is 0 Å². The Balaban J connectivity index is 1.71. The van der Waals surface area contributed by atoms with Gasteiger partial charge in [0.1, 0.15) is 0 Å². The second-order valence-corrected chi connectivity index (χ2v) is 9.98. The van der Waals surface area contributed by atoms with E-state index in [9.17, 15) is 9.59 Å². The van der Waals surface area contributed by atoms with Crippen LogP contribution in [0.1, 0.15) is 72.6 Å². The van der Waals surface area contributed by atoms with Crippen LogP contribution in [0.15, 0.2) is 23.5 Å². The van der Waals surface area contributed by atoms with E-state index in [4.69, 9.17) is 9.47 Å². The fourth-order valence-electron chi connectivity index (χ4n) is 7.52. The summed E-state index contributed by atoms with van der Waals surface area (Å²) in [6, 6.07) is 0. The smallest absolute Gasteiger partial charge is 0.303 e. The summed E-state index contributed by atoms with van der Waals surface area (Å²) in [7, 11) is 1.77. The molecular weight excluding hydrogens is 352 g/mol. The van der Waals surface area contributed by atoms with Gasteiger partial charge in [-0.3, -0.25) is 9.59 Å². The summed E-state index contributed by atoms with van der Waals surface area (Å²) in [5.74, 6) is 2.39. The molecule has 2 fully saturated rings. The molecule has 0 aliphatic heterocycles. The molecule has 4 rings (SSSR count). The maximum Gasteiger partial charge on any atom is 0.303 e. The highest BCUT2D eigenvalue weighted by atomic mass is 16.6. The Morgan fingerprint density at radius 1 is 1.07 bits per heavy atom. The second kappa shape index (κ2) is 6.47. The highest BCUT2D eigenvalue weighted by Gasteiger charge is 2.67. The number of rotatable bonds is 3. The molecule has 2 saturated carbocycles. The van der Waals surface area contributed by atoms with Crippen LogP contribution in [0.25, 0.3) is 0 Å². The van der Waals surface area contributed by atoms with Crippen molar-refractivity contribution in [2.45, 2.75) is 78.2 Å². The van der Waals surface area contributed by atoms with E-state index in [2.05, 4.69) is 26.0 Å². The maximum atomic E-state index is 12.8. The Kier molecular flexibility index (Phi) is 4.55. The molecule has 4 nitrogen and oxygen atoms in total. The average Bonchev–Trinajstić information content (AvgIpc) is 2.94. The highest BCUT2D eigenvalue weighted by molar-refractivity contribution is 5.89. The molecule has 0 saturated heterocycles. The van der Waals surface area contributed by atoms with Gasteiger partial charge >= 0.3 is 5.97 Å². The third-order valence-corrected chi connectivity index (χ3v) is 9.00. The first-order valence-electron chi connectivity index (χ1n) is 10.8. The summed E-state index contributed by atoms with van der Waals surface area (Å²) in [4.78, 5) is 24.7. The molecule has 0 amide bonds. The van der Waals surface area contributed by atoms with Gasteiger partial charge in [0.15, 0.2) is 11.4 Å². The molecule has 6 atom stereocenters. The van der Waals surface area contributed by atoms with Crippen LogP contribution >= 0.6 is 0 Å². The zero-order valence-electron chi connectivity index (χ0n) is 18.0. The van der Waals surface area contributed by atoms with Gasteiger partial charge < -0.3 is 9.47 Å². The molecule has 28 heavy (non-hydrogen) atoms. The minimum absolute atomic E-state index is 0.0229. The lowest BCUT2D eigenvalue weighted by atomic mass is 9.47. The van der Waals surface area contributed by atoms with Crippen molar-refractivity contribution in [3.63, 3.8) is 0 Å². The number of carbonyl (C=O) groups is 2. The minimum Gasteiger partial charge on any atom is -0.501 e. The molecule has 4 aliphatic rings. The number of ether oxygens (including phenoxy) is 2. The van der Waals surface area contributed by atoms with Crippen molar-refractivity contribution in [1.29, 1.82) is 0 Å². The molecule has 4 aliphatic carbocycles. The van der Waals surface area contributed by atoms with Crippen LogP contribution < -0.4 is 0 Å². The van der Waals surface area contributed by atoms with Crippen LogP contribution in [0.5, 0.6) is 0 Å². The summed E-state index contributed by atoms with van der Waals surface area (Å²) in [6.07, 6.45) is 11.6. The number of ketones is 1. The quantitative estimate of drug-likeness (QED) is 0.642. The van der Waals surface area contributed by atoms with E-state index >= 15 is 0 Å². The van der Waals surface area contributed by atoms with Crippen molar-refractivity contribution in [3.8, 4) is 0 Å². The van der Waals surface area contributed by atoms with Gasteiger partial charge in [0, 0.05) is 18.8 Å². The molecule has 0 aromatic heterocycles. The van der Waals surface area contributed by atoms with Gasteiger partial charge in [0.05, 0.1) is 12.9 Å². The van der Waals surface area contributed by atoms with Crippen molar-refractivity contribution < 1.29 is 19.1 Å². The summed E-state index contributed by atoms with van der Waals surface area (Å²) >= 11 is 0. The normalized spacial score (nSPS) is 44.4. The SMILES string of the molecule is COC1=CC2=CCC3C(CCC4(C)C3CC[C@]4(OC(C)=O)C(C)=O)C2(C)CC1. The van der Waals surface area contributed by atoms with Crippen LogP contribution in [-0.2, 0) is 19.1 Å². The number of carbonyl (C=O) groups excluding carboxylic acids is 2. The van der Waals surface area contributed by atoms with E-state index in [1.54, 1.807) is 14.0 Å². The number of esters is 1. The average molecular weight is 387 g/mol. The Bertz CT molecular complexity index is 765. The summed E-state index contributed by atoms with van der Waals surface area (Å²) in [5.41, 5.74) is 0.441. The zero-order chi connectivity index (χ0) is 20.3. The summed E-state index contributed by atoms with van der Waals surface area (Å²) < 4.78 is 11.4. The van der Waals surface area contributed by atoms with Gasteiger partial charge in [-0.15, -0.1) is 0 Å². The molecule has 4 heteroatoms. The molecule has 0 N–H and O–H groups in total. The molecule has 154 valence electrons. The molecule has 0 aromatic rings. The largest absolute Gasteiger partial charge is 0.501 e. The van der Waals surface area contributed by atoms with Crippen LogP contribution in [0.4, 0.5) is 0 Å². The molecule has 0 heterocycles. The first-order chi connectivity index (χ1) is 13.2. The Labute approximate surface area is 168 Å². The van der Waals surface area contributed by atoms with E-state index in [0.29, 0.717) is 24.2 Å². The third kappa shape index (κ3) is 2.48. The standard InChI is InChI=1S/C24H34O4/c1-15(25)24(28-16(2)26)13-10-21-19-7-6-17-14-18(27-5)8-11-22(17,3)20(19)9-12-23(21,24)4/h6,14,19-21H,7-13H2,1-5H3/t19?,20?,21?,22?,23?,24-/m0/s1. The van der Waals surface area contributed by atoms with Gasteiger partial charge in [0.2, 0.25) is 0 Å². The lowest BCUT2D eigenvalue weighted by molar-refractivity contribution is -0.186. The molecule has 0 aromatic carbocycles. The Hall–Kier alpha value is -1.58. The van der Waals surface area contributed by atoms with E-state index in [-0.39, 0.29) is 22.6 Å². The van der Waals surface area contributed by atoms with Crippen molar-refractivity contribution in [3.05, 3.63) is 23.5 Å². The van der Waals surface area contributed by atoms with Crippen molar-refractivity contribution in [1.82, 2.24) is 0 Å². The monoisotopic (exact) mass is 386 g/mol. The first kappa shape index (κ1) is 19.7. The number of hydrogen-bond donors (Lipinski definition) is 0. The molecular formula is C24H34O4. The number of hydrogen-bond acceptors (Lipinski definition) is 4. The van der Waals surface area contributed by atoms with E-state index in [1.165, 1.54) is 12.5 Å². The summed E-state index contributed by atoms with van der Waals surface area (Å²) in [6.45, 7) is 7.70. The van der Waals surface area contributed by atoms with E-state index < -0.39 is 5.60 Å². The van der Waals surface area contributed by atoms with Crippen molar-refractivity contribution in [2.24, 2.45) is 28.6 Å². The van der Waals surface area contributed by atoms with Crippen LogP contribution in [0.2, 0.25) is 0 Å². The molecule has 5 unspecified atom stereocenters. The Morgan fingerprint density at radius 2 is 1.79 bits per heavy atom. The molecule has 0 bridgehead atoms. The number of methoxy groups -OCH3 is 1. The minimum atomic E-state index is -0.935. The molecule has 0 spiro atoms. The Morgan fingerprint density at radius 3 is 2.43 bits per heavy atom. The van der Waals surface area contributed by atoms with Crippen LogP contribution in [0, 0.1) is 28.6 Å². The lowest BCUT2D eigenvalue weighted by Gasteiger charge is -2.58. The summed E-state index contributed by atoms with van der Waals surface area (Å²) in [5, 5.41) is 0. The van der Waals surface area contributed by atoms with Gasteiger partial charge in [-0.25, -0.2) is 0 Å². The lowest BCUT2D eigenvalue weighted by Crippen LogP contribution is -2.58. The number of fused-ring (bicyclic) bond motifs is 5. The predicted octanol–water partition coefficient (Wildman–Crippen LogP) is 4.98. The fourth-order valence-corrected chi connectivity index (χ4v) is 7.52. The fraction of sp³-hybridized carbons (Fsp3) is 0.750. The highest BCUT2D eigenvalue weighted by Crippen LogP contribution is 2.67. The molecule has 0 radical (unpaired) electrons. The van der Waals surface area contributed by atoms with Crippen LogP contribution in [-0.4, -0.2) is 24.5 Å². The topological polar surface area (TPSA) is 52.6 Å². The van der Waals surface area contributed by atoms with Crippen molar-refractivity contribution in [2.75, 3.05) is 7.11 Å². The van der Waals surface area contributed by atoms with E-state index in [1.807, 2.05) is 0 Å². The zero-order valence-corrected chi connectivity index (χ0v) is 18.0. The van der Waals surface area contributed by atoms with Gasteiger partial charge in [0.25, 0.3) is 0 Å². The number of Topliss-reactive ketones (excluding diaryl/α,β-unsaturated/α-hetero) is 1. The van der Waals surface area contributed by atoms with E-state index in [0.717, 1.165) is 44.3 Å². The maximum absolute atomic E-state index is 12.8. The van der Waals surface area contributed by atoms with Gasteiger partial charge in [-0.05, 0) is 80.3 Å². The predicted molar refractivity (Wildman–Crippen MR) is 107 cm³/mol. The second-order valence-electron chi connectivity index (χ2n) is 9.98. The first-order valence-corrected chi connectivity index (χ1v) is 10.8. The van der Waals surface area contributed by atoms with Crippen molar-refractivity contribution >= 4 is 11.8 Å². The van der Waals surface area contributed by atoms with Gasteiger partial charge in [-0.2, -0.15) is 0 Å². The third-order valence-electron chi connectivity index (χ3n) is 9.00. The number of allylic oxidation sites excluding steroid dienone is 4. The van der Waals surface area contributed by atoms with Gasteiger partial charge in [-0.1, -0.05) is 19.9 Å².